The number of alkyl halides is 1. The molecule has 1 heteroatoms. The van der Waals surface area contributed by atoms with Crippen LogP contribution in [0.4, 0.5) is 0 Å². The topological polar surface area (TPSA) is 0 Å². The standard InChI is InChI=1S/C18H25Br/c19-17-13-8-6-4-2-1-3-5-7-10-14-18-15-11-9-12-16-18/h9,11-12,15-16H,1-8,13,17H2. The lowest BCUT2D eigenvalue weighted by Gasteiger charge is -1.99. The molecule has 0 heterocycles. The van der Waals surface area contributed by atoms with Gasteiger partial charge in [-0.15, -0.1) is 0 Å². The molecule has 0 aliphatic carbocycles. The Labute approximate surface area is 127 Å². The van der Waals surface area contributed by atoms with Crippen molar-refractivity contribution in [3.8, 4) is 11.8 Å². The smallest absolute Gasteiger partial charge is 0.0245 e. The van der Waals surface area contributed by atoms with E-state index in [0.29, 0.717) is 0 Å². The van der Waals surface area contributed by atoms with Gasteiger partial charge in [0.15, 0.2) is 0 Å². The van der Waals surface area contributed by atoms with Gasteiger partial charge < -0.3 is 0 Å². The van der Waals surface area contributed by atoms with E-state index in [1.807, 2.05) is 18.2 Å². The maximum Gasteiger partial charge on any atom is 0.0245 e. The van der Waals surface area contributed by atoms with E-state index in [9.17, 15) is 0 Å². The molecule has 0 aliphatic heterocycles. The monoisotopic (exact) mass is 320 g/mol. The zero-order valence-corrected chi connectivity index (χ0v) is 13.4. The Kier molecular flexibility index (Phi) is 10.6. The number of rotatable bonds is 9. The number of halogens is 1. The summed E-state index contributed by atoms with van der Waals surface area (Å²) in [6.45, 7) is 0. The van der Waals surface area contributed by atoms with Crippen molar-refractivity contribution in [2.75, 3.05) is 5.33 Å². The Hall–Kier alpha value is -0.740. The molecule has 0 amide bonds. The molecule has 0 spiro atoms. The highest BCUT2D eigenvalue weighted by molar-refractivity contribution is 9.09. The van der Waals surface area contributed by atoms with Gasteiger partial charge in [0, 0.05) is 17.3 Å². The number of hydrogen-bond acceptors (Lipinski definition) is 0. The summed E-state index contributed by atoms with van der Waals surface area (Å²) in [7, 11) is 0. The minimum Gasteiger partial charge on any atom is -0.0979 e. The summed E-state index contributed by atoms with van der Waals surface area (Å²) < 4.78 is 0. The average Bonchev–Trinajstić information content (AvgIpc) is 2.46. The van der Waals surface area contributed by atoms with Crippen LogP contribution in [0.2, 0.25) is 0 Å². The molecule has 19 heavy (non-hydrogen) atoms. The molecule has 0 N–H and O–H groups in total. The summed E-state index contributed by atoms with van der Waals surface area (Å²) in [5.74, 6) is 6.48. The van der Waals surface area contributed by atoms with Gasteiger partial charge in [0.25, 0.3) is 0 Å². The molecule has 0 radical (unpaired) electrons. The van der Waals surface area contributed by atoms with Crippen molar-refractivity contribution in [3.63, 3.8) is 0 Å². The molecule has 0 saturated heterocycles. The highest BCUT2D eigenvalue weighted by Crippen LogP contribution is 2.10. The van der Waals surface area contributed by atoms with Crippen LogP contribution in [0, 0.1) is 11.8 Å². The van der Waals surface area contributed by atoms with Gasteiger partial charge in [0.05, 0.1) is 0 Å². The average molecular weight is 321 g/mol. The van der Waals surface area contributed by atoms with Crippen molar-refractivity contribution < 1.29 is 0 Å². The van der Waals surface area contributed by atoms with Gasteiger partial charge in [0.2, 0.25) is 0 Å². The van der Waals surface area contributed by atoms with Gasteiger partial charge in [-0.05, 0) is 25.0 Å². The summed E-state index contributed by atoms with van der Waals surface area (Å²) in [6.07, 6.45) is 11.9. The van der Waals surface area contributed by atoms with E-state index in [2.05, 4.69) is 39.9 Å². The molecule has 0 nitrogen and oxygen atoms in total. The van der Waals surface area contributed by atoms with Crippen LogP contribution in [-0.2, 0) is 0 Å². The predicted octanol–water partition coefficient (Wildman–Crippen LogP) is 5.94. The first-order valence-electron chi connectivity index (χ1n) is 7.53. The summed E-state index contributed by atoms with van der Waals surface area (Å²) in [4.78, 5) is 0. The molecular formula is C18H25Br. The summed E-state index contributed by atoms with van der Waals surface area (Å²) >= 11 is 3.47. The Balaban J connectivity index is 1.90. The van der Waals surface area contributed by atoms with Crippen molar-refractivity contribution in [2.24, 2.45) is 0 Å². The van der Waals surface area contributed by atoms with E-state index in [1.54, 1.807) is 0 Å². The predicted molar refractivity (Wildman–Crippen MR) is 88.7 cm³/mol. The van der Waals surface area contributed by atoms with Gasteiger partial charge >= 0.3 is 0 Å². The normalized spacial score (nSPS) is 9.95. The second kappa shape index (κ2) is 12.3. The van der Waals surface area contributed by atoms with Gasteiger partial charge in [-0.25, -0.2) is 0 Å². The first-order valence-corrected chi connectivity index (χ1v) is 8.65. The lowest BCUT2D eigenvalue weighted by Crippen LogP contribution is -1.81. The van der Waals surface area contributed by atoms with E-state index < -0.39 is 0 Å². The molecule has 0 aliphatic rings. The summed E-state index contributed by atoms with van der Waals surface area (Å²) in [5.41, 5.74) is 1.13. The SMILES string of the molecule is BrCCCCCCCCCCC#Cc1ccccc1. The molecule has 0 atom stereocenters. The fourth-order valence-corrected chi connectivity index (χ4v) is 2.45. The van der Waals surface area contributed by atoms with Crippen molar-refractivity contribution >= 4 is 15.9 Å². The van der Waals surface area contributed by atoms with E-state index in [4.69, 9.17) is 0 Å². The fourth-order valence-electron chi connectivity index (χ4n) is 2.05. The zero-order valence-electron chi connectivity index (χ0n) is 11.8. The van der Waals surface area contributed by atoms with Gasteiger partial charge in [-0.3, -0.25) is 0 Å². The van der Waals surface area contributed by atoms with E-state index in [1.165, 1.54) is 51.4 Å². The maximum absolute atomic E-state index is 3.47. The van der Waals surface area contributed by atoms with Gasteiger partial charge in [-0.2, -0.15) is 0 Å². The fraction of sp³-hybridized carbons (Fsp3) is 0.556. The lowest BCUT2D eigenvalue weighted by molar-refractivity contribution is 0.580. The van der Waals surface area contributed by atoms with Crippen molar-refractivity contribution in [1.29, 1.82) is 0 Å². The summed E-state index contributed by atoms with van der Waals surface area (Å²) in [6, 6.07) is 10.3. The molecule has 1 aromatic carbocycles. The second-order valence-corrected chi connectivity index (χ2v) is 5.73. The second-order valence-electron chi connectivity index (χ2n) is 4.94. The third-order valence-electron chi connectivity index (χ3n) is 3.19. The molecule has 104 valence electrons. The number of benzene rings is 1. The van der Waals surface area contributed by atoms with Crippen LogP contribution in [0.5, 0.6) is 0 Å². The van der Waals surface area contributed by atoms with E-state index in [0.717, 1.165) is 17.3 Å². The maximum atomic E-state index is 3.47. The van der Waals surface area contributed by atoms with Crippen LogP contribution >= 0.6 is 15.9 Å². The van der Waals surface area contributed by atoms with Gasteiger partial charge in [-0.1, -0.05) is 84.5 Å². The first kappa shape index (κ1) is 16.3. The quantitative estimate of drug-likeness (QED) is 0.300. The van der Waals surface area contributed by atoms with Crippen LogP contribution in [-0.4, -0.2) is 5.33 Å². The molecule has 0 saturated carbocycles. The molecular weight excluding hydrogens is 296 g/mol. The van der Waals surface area contributed by atoms with Crippen molar-refractivity contribution in [1.82, 2.24) is 0 Å². The molecule has 1 aromatic rings. The Morgan fingerprint density at radius 2 is 1.32 bits per heavy atom. The van der Waals surface area contributed by atoms with Crippen LogP contribution in [0.1, 0.15) is 63.4 Å². The molecule has 0 unspecified atom stereocenters. The number of hydrogen-bond donors (Lipinski definition) is 0. The Morgan fingerprint density at radius 3 is 1.95 bits per heavy atom. The van der Waals surface area contributed by atoms with Crippen LogP contribution in [0.3, 0.4) is 0 Å². The number of unbranched alkanes of at least 4 members (excludes halogenated alkanes) is 8. The third kappa shape index (κ3) is 9.79. The molecule has 0 fully saturated rings. The first-order chi connectivity index (χ1) is 9.43. The highest BCUT2D eigenvalue weighted by Gasteiger charge is 1.91. The molecule has 1 rings (SSSR count). The van der Waals surface area contributed by atoms with Crippen LogP contribution < -0.4 is 0 Å². The Morgan fingerprint density at radius 1 is 0.737 bits per heavy atom. The minimum absolute atomic E-state index is 1.04. The van der Waals surface area contributed by atoms with E-state index >= 15 is 0 Å². The zero-order chi connectivity index (χ0) is 13.6. The Bertz CT molecular complexity index is 358. The summed E-state index contributed by atoms with van der Waals surface area (Å²) in [5, 5.41) is 1.16. The van der Waals surface area contributed by atoms with E-state index in [-0.39, 0.29) is 0 Å². The van der Waals surface area contributed by atoms with Crippen LogP contribution in [0.25, 0.3) is 0 Å². The van der Waals surface area contributed by atoms with Crippen molar-refractivity contribution in [2.45, 2.75) is 57.8 Å². The highest BCUT2D eigenvalue weighted by atomic mass is 79.9. The molecule has 0 aromatic heterocycles. The van der Waals surface area contributed by atoms with Gasteiger partial charge in [0.1, 0.15) is 0 Å². The molecule has 0 bridgehead atoms. The van der Waals surface area contributed by atoms with Crippen molar-refractivity contribution in [3.05, 3.63) is 35.9 Å². The minimum atomic E-state index is 1.04. The lowest BCUT2D eigenvalue weighted by atomic mass is 10.1. The van der Waals surface area contributed by atoms with Crippen LogP contribution in [0.15, 0.2) is 30.3 Å². The third-order valence-corrected chi connectivity index (χ3v) is 3.75. The largest absolute Gasteiger partial charge is 0.0979 e.